The van der Waals surface area contributed by atoms with Crippen molar-refractivity contribution >= 4 is 34.6 Å². The van der Waals surface area contributed by atoms with Gasteiger partial charge in [0.25, 0.3) is 11.5 Å². The smallest absolute Gasteiger partial charge is 0.269 e. The first-order valence-corrected chi connectivity index (χ1v) is 11.6. The van der Waals surface area contributed by atoms with E-state index in [1.807, 2.05) is 19.0 Å². The molecule has 0 aliphatic carbocycles. The number of carbonyl (C=O) groups excluding carboxylic acids is 1. The summed E-state index contributed by atoms with van der Waals surface area (Å²) in [6.07, 6.45) is 1.72. The Morgan fingerprint density at radius 1 is 1.06 bits per heavy atom. The van der Waals surface area contributed by atoms with E-state index in [-0.39, 0.29) is 17.0 Å². The van der Waals surface area contributed by atoms with Gasteiger partial charge in [-0.1, -0.05) is 0 Å². The molecule has 1 N–H and O–H groups in total. The van der Waals surface area contributed by atoms with E-state index in [1.165, 1.54) is 50.9 Å². The van der Waals surface area contributed by atoms with Gasteiger partial charge in [-0.3, -0.25) is 14.2 Å². The van der Waals surface area contributed by atoms with Crippen molar-refractivity contribution in [1.82, 2.24) is 9.47 Å². The summed E-state index contributed by atoms with van der Waals surface area (Å²) in [6.45, 7) is 0.945. The molecular formula is C25H26FN3O5S. The van der Waals surface area contributed by atoms with Gasteiger partial charge in [0.15, 0.2) is 11.5 Å². The number of fused-ring (bicyclic) bond motifs is 1. The first-order chi connectivity index (χ1) is 16.8. The highest BCUT2D eigenvalue weighted by Gasteiger charge is 2.27. The van der Waals surface area contributed by atoms with Gasteiger partial charge in [-0.05, 0) is 56.1 Å². The number of nitrogens with one attached hydrogen (secondary N) is 1. The second-order valence-corrected chi connectivity index (χ2v) is 9.18. The summed E-state index contributed by atoms with van der Waals surface area (Å²) in [5, 5.41) is 2.77. The lowest BCUT2D eigenvalue weighted by Crippen LogP contribution is -2.36. The fourth-order valence-electron chi connectivity index (χ4n) is 3.90. The van der Waals surface area contributed by atoms with E-state index in [1.54, 1.807) is 22.8 Å². The molecule has 0 fully saturated rings. The third kappa shape index (κ3) is 4.67. The minimum Gasteiger partial charge on any atom is -0.493 e. The highest BCUT2D eigenvalue weighted by Crippen LogP contribution is 2.38. The van der Waals surface area contributed by atoms with Crippen molar-refractivity contribution in [2.45, 2.75) is 6.54 Å². The topological polar surface area (TPSA) is 82.0 Å². The summed E-state index contributed by atoms with van der Waals surface area (Å²) in [7, 11) is 8.36. The van der Waals surface area contributed by atoms with Crippen LogP contribution < -0.4 is 34.3 Å². The van der Waals surface area contributed by atoms with Crippen LogP contribution in [0.2, 0.25) is 0 Å². The first-order valence-electron chi connectivity index (χ1n) is 10.8. The van der Waals surface area contributed by atoms with Gasteiger partial charge in [0.2, 0.25) is 5.75 Å². The molecule has 0 atom stereocenters. The summed E-state index contributed by atoms with van der Waals surface area (Å²) >= 11 is 1.18. The van der Waals surface area contributed by atoms with Gasteiger partial charge < -0.3 is 24.4 Å². The van der Waals surface area contributed by atoms with Gasteiger partial charge in [-0.15, -0.1) is 11.3 Å². The number of amides is 1. The minimum absolute atomic E-state index is 0.245. The quantitative estimate of drug-likeness (QED) is 0.532. The summed E-state index contributed by atoms with van der Waals surface area (Å²) in [6, 6.07) is 7.61. The molecule has 1 aliphatic heterocycles. The molecular weight excluding hydrogens is 473 g/mol. The zero-order valence-electron chi connectivity index (χ0n) is 20.1. The third-order valence-electron chi connectivity index (χ3n) is 5.60. The number of ether oxygens (including phenoxy) is 3. The number of thiazole rings is 1. The third-order valence-corrected chi connectivity index (χ3v) is 6.73. The lowest BCUT2D eigenvalue weighted by molar-refractivity contribution is -0.110. The molecule has 1 amide bonds. The zero-order chi connectivity index (χ0) is 25.3. The molecule has 0 saturated carbocycles. The van der Waals surface area contributed by atoms with Crippen LogP contribution in [0.5, 0.6) is 17.2 Å². The molecule has 0 bridgehead atoms. The number of likely N-dealkylation sites (N-methyl/N-ethyl adjacent to an activating group) is 1. The van der Waals surface area contributed by atoms with Crippen LogP contribution in [0.1, 0.15) is 11.1 Å². The predicted octanol–water partition coefficient (Wildman–Crippen LogP) is 1.62. The van der Waals surface area contributed by atoms with Crippen LogP contribution in [0.3, 0.4) is 0 Å². The number of nitrogens with zero attached hydrogens (tertiary/aromatic N) is 2. The average molecular weight is 500 g/mol. The summed E-state index contributed by atoms with van der Waals surface area (Å²) in [5.74, 6) is 0.526. The predicted molar refractivity (Wildman–Crippen MR) is 134 cm³/mol. The maximum Gasteiger partial charge on any atom is 0.269 e. The lowest BCUT2D eigenvalue weighted by atomic mass is 10.1. The molecule has 184 valence electrons. The number of hydrogen-bond donors (Lipinski definition) is 1. The average Bonchev–Trinajstić information content (AvgIpc) is 3.31. The van der Waals surface area contributed by atoms with E-state index in [2.05, 4.69) is 5.32 Å². The van der Waals surface area contributed by atoms with Crippen molar-refractivity contribution in [3.63, 3.8) is 0 Å². The van der Waals surface area contributed by atoms with E-state index >= 15 is 0 Å². The van der Waals surface area contributed by atoms with E-state index in [0.29, 0.717) is 56.3 Å². The Balaban J connectivity index is 2.00. The molecule has 0 spiro atoms. The first kappa shape index (κ1) is 24.5. The largest absolute Gasteiger partial charge is 0.493 e. The molecule has 2 heterocycles. The number of methoxy groups -OCH3 is 3. The Labute approximate surface area is 205 Å². The Hall–Kier alpha value is -3.63. The normalized spacial score (nSPS) is 14.8. The number of hydrogen-bond acceptors (Lipinski definition) is 7. The van der Waals surface area contributed by atoms with Crippen molar-refractivity contribution in [2.75, 3.05) is 47.3 Å². The fraction of sp³-hybridized carbons (Fsp3) is 0.280. The summed E-state index contributed by atoms with van der Waals surface area (Å²) in [5.41, 5.74) is 1.66. The second-order valence-electron chi connectivity index (χ2n) is 8.15. The molecule has 3 aromatic rings. The SMILES string of the molecule is COc1cc(C=c2s/c(=C3\C(=O)Nc4ccc(F)cc43)n(CCN(C)C)c2=O)cc(OC)c1OC. The molecule has 1 aliphatic rings. The van der Waals surface area contributed by atoms with Crippen LogP contribution in [-0.2, 0) is 11.3 Å². The molecule has 8 nitrogen and oxygen atoms in total. The maximum atomic E-state index is 14.0. The zero-order valence-corrected chi connectivity index (χ0v) is 20.9. The molecule has 0 unspecified atom stereocenters. The molecule has 2 aromatic carbocycles. The number of rotatable bonds is 7. The Morgan fingerprint density at radius 2 is 1.74 bits per heavy atom. The number of halogens is 1. The number of anilines is 1. The lowest BCUT2D eigenvalue weighted by Gasteiger charge is -2.12. The minimum atomic E-state index is -0.458. The highest BCUT2D eigenvalue weighted by atomic mass is 32.1. The fourth-order valence-corrected chi connectivity index (χ4v) is 5.09. The van der Waals surface area contributed by atoms with Crippen molar-refractivity contribution in [3.8, 4) is 17.2 Å². The van der Waals surface area contributed by atoms with Gasteiger partial charge >= 0.3 is 0 Å². The highest BCUT2D eigenvalue weighted by molar-refractivity contribution is 7.07. The van der Waals surface area contributed by atoms with Gasteiger partial charge in [0.1, 0.15) is 10.5 Å². The monoisotopic (exact) mass is 499 g/mol. The van der Waals surface area contributed by atoms with Gasteiger partial charge in [0, 0.05) is 24.3 Å². The van der Waals surface area contributed by atoms with Crippen LogP contribution in [0, 0.1) is 5.82 Å². The van der Waals surface area contributed by atoms with Crippen molar-refractivity contribution in [2.24, 2.45) is 0 Å². The van der Waals surface area contributed by atoms with Crippen molar-refractivity contribution in [1.29, 1.82) is 0 Å². The molecule has 4 rings (SSSR count). The van der Waals surface area contributed by atoms with Crippen molar-refractivity contribution in [3.05, 3.63) is 66.8 Å². The van der Waals surface area contributed by atoms with Gasteiger partial charge in [-0.25, -0.2) is 4.39 Å². The van der Waals surface area contributed by atoms with E-state index in [4.69, 9.17) is 14.2 Å². The molecule has 10 heteroatoms. The summed E-state index contributed by atoms with van der Waals surface area (Å²) in [4.78, 5) is 28.3. The summed E-state index contributed by atoms with van der Waals surface area (Å²) < 4.78 is 32.7. The Morgan fingerprint density at radius 3 is 2.34 bits per heavy atom. The van der Waals surface area contributed by atoms with Crippen LogP contribution >= 0.6 is 11.3 Å². The second kappa shape index (κ2) is 9.93. The number of benzene rings is 2. The van der Waals surface area contributed by atoms with Crippen LogP contribution in [0.15, 0.2) is 35.1 Å². The number of carbonyl (C=O) groups is 1. The van der Waals surface area contributed by atoms with E-state index < -0.39 is 5.82 Å². The molecule has 35 heavy (non-hydrogen) atoms. The number of aromatic nitrogens is 1. The van der Waals surface area contributed by atoms with E-state index in [9.17, 15) is 14.0 Å². The molecule has 0 saturated heterocycles. The Kier molecular flexibility index (Phi) is 6.95. The molecule has 1 aromatic heterocycles. The van der Waals surface area contributed by atoms with E-state index in [0.717, 1.165) is 0 Å². The van der Waals surface area contributed by atoms with Crippen LogP contribution in [-0.4, -0.2) is 57.3 Å². The van der Waals surface area contributed by atoms with Crippen LogP contribution in [0.4, 0.5) is 10.1 Å². The Bertz CT molecular complexity index is 1450. The van der Waals surface area contributed by atoms with Gasteiger partial charge in [-0.2, -0.15) is 0 Å². The maximum absolute atomic E-state index is 14.0. The standard InChI is InChI=1S/C25H26FN3O5S/c1-28(2)8-9-29-24(31)20(12-14-10-18(32-3)22(34-5)19(11-14)33-4)35-25(29)21-16-13-15(26)6-7-17(16)27-23(21)30/h6-7,10-13H,8-9H2,1-5H3,(H,27,30)/b20-12?,25-21-. The van der Waals surface area contributed by atoms with Crippen molar-refractivity contribution < 1.29 is 23.4 Å². The van der Waals surface area contributed by atoms with Crippen LogP contribution in [0.25, 0.3) is 11.6 Å². The molecule has 0 radical (unpaired) electrons. The van der Waals surface area contributed by atoms with Gasteiger partial charge in [0.05, 0.1) is 31.4 Å².